The summed E-state index contributed by atoms with van der Waals surface area (Å²) in [6.45, 7) is 0.699. The molecule has 3 amide bonds. The van der Waals surface area contributed by atoms with Crippen molar-refractivity contribution in [2.45, 2.75) is 25.7 Å². The zero-order valence-electron chi connectivity index (χ0n) is 13.8. The predicted molar refractivity (Wildman–Crippen MR) is 90.6 cm³/mol. The van der Waals surface area contributed by atoms with Gasteiger partial charge < -0.3 is 20.3 Å². The van der Waals surface area contributed by atoms with Crippen LogP contribution >= 0.6 is 0 Å². The second-order valence-corrected chi connectivity index (χ2v) is 5.73. The van der Waals surface area contributed by atoms with Crippen LogP contribution in [0.1, 0.15) is 25.7 Å². The Morgan fingerprint density at radius 3 is 2.29 bits per heavy atom. The van der Waals surface area contributed by atoms with Crippen LogP contribution in [0.15, 0.2) is 24.3 Å². The minimum Gasteiger partial charge on any atom is -0.375 e. The lowest BCUT2D eigenvalue weighted by Gasteiger charge is -2.19. The van der Waals surface area contributed by atoms with E-state index in [2.05, 4.69) is 10.6 Å². The second-order valence-electron chi connectivity index (χ2n) is 5.73. The Morgan fingerprint density at radius 2 is 1.67 bits per heavy atom. The van der Waals surface area contributed by atoms with Gasteiger partial charge in [0.2, 0.25) is 17.7 Å². The fraction of sp³-hybridized carbons (Fsp3) is 0.471. The number of ether oxygens (including phenoxy) is 1. The van der Waals surface area contributed by atoms with Crippen LogP contribution in [0.4, 0.5) is 11.4 Å². The van der Waals surface area contributed by atoms with E-state index >= 15 is 0 Å². The highest BCUT2D eigenvalue weighted by Gasteiger charge is 2.19. The fourth-order valence-corrected chi connectivity index (χ4v) is 2.54. The molecule has 0 unspecified atom stereocenters. The van der Waals surface area contributed by atoms with Crippen LogP contribution in [-0.2, 0) is 19.1 Å². The van der Waals surface area contributed by atoms with Crippen molar-refractivity contribution in [3.8, 4) is 0 Å². The first kappa shape index (κ1) is 17.9. The molecule has 0 bridgehead atoms. The lowest BCUT2D eigenvalue weighted by molar-refractivity contribution is -0.134. The molecule has 0 saturated carbocycles. The Bertz CT molecular complexity index is 586. The molecule has 1 heterocycles. The molecule has 7 heteroatoms. The largest absolute Gasteiger partial charge is 0.375 e. The number of anilines is 2. The summed E-state index contributed by atoms with van der Waals surface area (Å²) in [5.74, 6) is -0.422. The van der Waals surface area contributed by atoms with Crippen LogP contribution in [0, 0.1) is 0 Å². The van der Waals surface area contributed by atoms with E-state index in [4.69, 9.17) is 4.74 Å². The third-order valence-corrected chi connectivity index (χ3v) is 3.73. The van der Waals surface area contributed by atoms with Gasteiger partial charge in [-0.05, 0) is 37.1 Å². The third-order valence-electron chi connectivity index (χ3n) is 3.73. The van der Waals surface area contributed by atoms with Gasteiger partial charge in [0, 0.05) is 31.5 Å². The highest BCUT2D eigenvalue weighted by atomic mass is 16.5. The molecule has 1 fully saturated rings. The number of rotatable bonds is 6. The second kappa shape index (κ2) is 9.02. The Morgan fingerprint density at radius 1 is 1.04 bits per heavy atom. The average Bonchev–Trinajstić information content (AvgIpc) is 2.74. The standard InChI is InChI=1S/C17H23N3O4/c1-24-12-16(22)19-14-8-6-13(7-9-14)18-15(21)11-20-10-4-2-3-5-17(20)23/h6-9H,2-5,10-12H2,1H3,(H,18,21)(H,19,22). The molecule has 0 atom stereocenters. The van der Waals surface area contributed by atoms with Crippen molar-refractivity contribution in [2.24, 2.45) is 0 Å². The van der Waals surface area contributed by atoms with Crippen molar-refractivity contribution in [1.29, 1.82) is 0 Å². The van der Waals surface area contributed by atoms with Crippen molar-refractivity contribution >= 4 is 29.1 Å². The fourth-order valence-electron chi connectivity index (χ4n) is 2.54. The van der Waals surface area contributed by atoms with Crippen LogP contribution in [0.2, 0.25) is 0 Å². The average molecular weight is 333 g/mol. The van der Waals surface area contributed by atoms with Crippen LogP contribution in [0.5, 0.6) is 0 Å². The van der Waals surface area contributed by atoms with Crippen molar-refractivity contribution in [1.82, 2.24) is 4.90 Å². The molecule has 0 aromatic heterocycles. The van der Waals surface area contributed by atoms with Crippen molar-refractivity contribution in [3.05, 3.63) is 24.3 Å². The smallest absolute Gasteiger partial charge is 0.250 e. The summed E-state index contributed by atoms with van der Waals surface area (Å²) in [4.78, 5) is 37.0. The number of carbonyl (C=O) groups is 3. The lowest BCUT2D eigenvalue weighted by atomic mass is 10.2. The van der Waals surface area contributed by atoms with E-state index in [1.165, 1.54) is 7.11 Å². The monoisotopic (exact) mass is 333 g/mol. The summed E-state index contributed by atoms with van der Waals surface area (Å²) >= 11 is 0. The summed E-state index contributed by atoms with van der Waals surface area (Å²) in [6.07, 6.45) is 3.38. The molecule has 1 aliphatic heterocycles. The zero-order valence-corrected chi connectivity index (χ0v) is 13.8. The van der Waals surface area contributed by atoms with Crippen LogP contribution in [-0.4, -0.2) is 49.4 Å². The van der Waals surface area contributed by atoms with E-state index in [9.17, 15) is 14.4 Å². The minimum atomic E-state index is -0.242. The summed E-state index contributed by atoms with van der Waals surface area (Å²) < 4.78 is 4.74. The van der Waals surface area contributed by atoms with E-state index in [0.717, 1.165) is 19.3 Å². The van der Waals surface area contributed by atoms with E-state index in [1.807, 2.05) is 0 Å². The van der Waals surface area contributed by atoms with Gasteiger partial charge in [-0.1, -0.05) is 6.42 Å². The molecule has 0 radical (unpaired) electrons. The maximum atomic E-state index is 12.1. The van der Waals surface area contributed by atoms with Gasteiger partial charge in [-0.3, -0.25) is 14.4 Å². The van der Waals surface area contributed by atoms with Gasteiger partial charge in [0.05, 0.1) is 6.54 Å². The van der Waals surface area contributed by atoms with Crippen LogP contribution < -0.4 is 10.6 Å². The molecular weight excluding hydrogens is 310 g/mol. The van der Waals surface area contributed by atoms with E-state index in [-0.39, 0.29) is 30.9 Å². The summed E-state index contributed by atoms with van der Waals surface area (Å²) in [7, 11) is 1.45. The topological polar surface area (TPSA) is 87.7 Å². The van der Waals surface area contributed by atoms with Gasteiger partial charge in [0.15, 0.2) is 0 Å². The maximum Gasteiger partial charge on any atom is 0.250 e. The third kappa shape index (κ3) is 5.66. The van der Waals surface area contributed by atoms with Crippen LogP contribution in [0.25, 0.3) is 0 Å². The quantitative estimate of drug-likeness (QED) is 0.828. The van der Waals surface area contributed by atoms with Crippen molar-refractivity contribution < 1.29 is 19.1 Å². The van der Waals surface area contributed by atoms with Gasteiger partial charge in [-0.2, -0.15) is 0 Å². The van der Waals surface area contributed by atoms with Gasteiger partial charge in [-0.25, -0.2) is 0 Å². The van der Waals surface area contributed by atoms with Crippen molar-refractivity contribution in [2.75, 3.05) is 37.4 Å². The Kier molecular flexibility index (Phi) is 6.74. The van der Waals surface area contributed by atoms with Gasteiger partial charge in [0.1, 0.15) is 6.61 Å². The lowest BCUT2D eigenvalue weighted by Crippen LogP contribution is -2.37. The Labute approximate surface area is 141 Å². The number of nitrogens with zero attached hydrogens (tertiary/aromatic N) is 1. The summed E-state index contributed by atoms with van der Waals surface area (Å²) in [6, 6.07) is 6.79. The zero-order chi connectivity index (χ0) is 17.4. The first-order chi connectivity index (χ1) is 11.6. The normalized spacial score (nSPS) is 14.9. The molecule has 1 aromatic rings. The molecule has 24 heavy (non-hydrogen) atoms. The van der Waals surface area contributed by atoms with Gasteiger partial charge in [-0.15, -0.1) is 0 Å². The molecule has 2 rings (SSSR count). The molecular formula is C17H23N3O4. The first-order valence-corrected chi connectivity index (χ1v) is 8.05. The van der Waals surface area contributed by atoms with E-state index < -0.39 is 0 Å². The molecule has 2 N–H and O–H groups in total. The first-order valence-electron chi connectivity index (χ1n) is 8.05. The summed E-state index contributed by atoms with van der Waals surface area (Å²) in [5, 5.41) is 5.44. The molecule has 0 aliphatic carbocycles. The molecule has 130 valence electrons. The number of carbonyl (C=O) groups excluding carboxylic acids is 3. The Balaban J connectivity index is 1.85. The van der Waals surface area contributed by atoms with E-state index in [1.54, 1.807) is 29.2 Å². The number of amides is 3. The molecule has 1 saturated heterocycles. The SMILES string of the molecule is COCC(=O)Nc1ccc(NC(=O)CN2CCCCCC2=O)cc1. The number of nitrogens with one attached hydrogen (secondary N) is 2. The number of methoxy groups -OCH3 is 1. The predicted octanol–water partition coefficient (Wildman–Crippen LogP) is 1.61. The molecule has 7 nitrogen and oxygen atoms in total. The molecule has 0 spiro atoms. The van der Waals surface area contributed by atoms with Gasteiger partial charge in [0.25, 0.3) is 0 Å². The molecule has 1 aromatic carbocycles. The number of hydrogen-bond acceptors (Lipinski definition) is 4. The van der Waals surface area contributed by atoms with Gasteiger partial charge >= 0.3 is 0 Å². The minimum absolute atomic E-state index is 0.0116. The van der Waals surface area contributed by atoms with Crippen LogP contribution in [0.3, 0.4) is 0 Å². The number of hydrogen-bond donors (Lipinski definition) is 2. The Hall–Kier alpha value is -2.41. The number of benzene rings is 1. The molecule has 1 aliphatic rings. The number of likely N-dealkylation sites (tertiary alicyclic amines) is 1. The maximum absolute atomic E-state index is 12.1. The summed E-state index contributed by atoms with van der Waals surface area (Å²) in [5.41, 5.74) is 1.24. The highest BCUT2D eigenvalue weighted by Crippen LogP contribution is 2.14. The van der Waals surface area contributed by atoms with Crippen molar-refractivity contribution in [3.63, 3.8) is 0 Å². The van der Waals surface area contributed by atoms with E-state index in [0.29, 0.717) is 24.3 Å². The highest BCUT2D eigenvalue weighted by molar-refractivity contribution is 5.95.